The zero-order chi connectivity index (χ0) is 12.8. The topological polar surface area (TPSA) is 55.2 Å². The number of likely N-dealkylation sites (N-methyl/N-ethyl adjacent to an activating group) is 1. The second-order valence-corrected chi connectivity index (χ2v) is 4.06. The summed E-state index contributed by atoms with van der Waals surface area (Å²) >= 11 is 5.75. The molecule has 0 bridgehead atoms. The molecule has 0 aromatic heterocycles. The van der Waals surface area contributed by atoms with Gasteiger partial charge in [-0.25, -0.2) is 0 Å². The average molecular weight is 255 g/mol. The quantitative estimate of drug-likeness (QED) is 0.648. The van der Waals surface area contributed by atoms with Crippen LogP contribution in [0.15, 0.2) is 23.8 Å². The Kier molecular flexibility index (Phi) is 5.12. The van der Waals surface area contributed by atoms with Gasteiger partial charge in [0.1, 0.15) is 5.02 Å². The SMILES string of the molecule is CCC(=Cc1ccc(Cl)c([N+](=O)[O-])c1)CNC. The maximum Gasteiger partial charge on any atom is 0.288 e. The van der Waals surface area contributed by atoms with Crippen LogP contribution >= 0.6 is 11.6 Å². The fourth-order valence-corrected chi connectivity index (χ4v) is 1.69. The first kappa shape index (κ1) is 13.7. The third-order valence-electron chi connectivity index (χ3n) is 2.40. The van der Waals surface area contributed by atoms with Crippen LogP contribution in [0.25, 0.3) is 6.08 Å². The Labute approximate surface area is 105 Å². The second kappa shape index (κ2) is 6.37. The first-order chi connectivity index (χ1) is 8.08. The van der Waals surface area contributed by atoms with E-state index in [4.69, 9.17) is 11.6 Å². The van der Waals surface area contributed by atoms with Crippen LogP contribution < -0.4 is 5.32 Å². The molecule has 0 amide bonds. The van der Waals surface area contributed by atoms with Crippen LogP contribution in [-0.4, -0.2) is 18.5 Å². The predicted octanol–water partition coefficient (Wildman–Crippen LogP) is 3.26. The molecule has 17 heavy (non-hydrogen) atoms. The summed E-state index contributed by atoms with van der Waals surface area (Å²) in [4.78, 5) is 10.3. The molecule has 0 fully saturated rings. The molecular formula is C12H15ClN2O2. The van der Waals surface area contributed by atoms with E-state index in [-0.39, 0.29) is 10.7 Å². The minimum Gasteiger partial charge on any atom is -0.316 e. The van der Waals surface area contributed by atoms with E-state index in [1.807, 2.05) is 20.0 Å². The van der Waals surface area contributed by atoms with Crippen molar-refractivity contribution < 1.29 is 4.92 Å². The molecule has 1 rings (SSSR count). The molecule has 5 heteroatoms. The van der Waals surface area contributed by atoms with Gasteiger partial charge < -0.3 is 5.32 Å². The van der Waals surface area contributed by atoms with Gasteiger partial charge in [0.25, 0.3) is 5.69 Å². The average Bonchev–Trinajstić information content (AvgIpc) is 2.30. The fraction of sp³-hybridized carbons (Fsp3) is 0.333. The highest BCUT2D eigenvalue weighted by molar-refractivity contribution is 6.32. The zero-order valence-electron chi connectivity index (χ0n) is 9.87. The van der Waals surface area contributed by atoms with Crippen molar-refractivity contribution in [1.29, 1.82) is 0 Å². The number of benzene rings is 1. The molecule has 0 unspecified atom stereocenters. The van der Waals surface area contributed by atoms with Crippen LogP contribution in [-0.2, 0) is 0 Å². The Morgan fingerprint density at radius 1 is 1.59 bits per heavy atom. The molecule has 1 aromatic carbocycles. The molecule has 0 saturated heterocycles. The van der Waals surface area contributed by atoms with E-state index in [0.29, 0.717) is 0 Å². The molecular weight excluding hydrogens is 240 g/mol. The number of hydrogen-bond donors (Lipinski definition) is 1. The first-order valence-electron chi connectivity index (χ1n) is 5.36. The summed E-state index contributed by atoms with van der Waals surface area (Å²) in [5.74, 6) is 0. The monoisotopic (exact) mass is 254 g/mol. The van der Waals surface area contributed by atoms with Crippen LogP contribution in [0.2, 0.25) is 5.02 Å². The van der Waals surface area contributed by atoms with Gasteiger partial charge in [-0.15, -0.1) is 0 Å². The van der Waals surface area contributed by atoms with Crippen molar-refractivity contribution in [3.05, 3.63) is 44.5 Å². The van der Waals surface area contributed by atoms with E-state index in [1.165, 1.54) is 11.6 Å². The van der Waals surface area contributed by atoms with Crippen molar-refractivity contribution in [3.63, 3.8) is 0 Å². The van der Waals surface area contributed by atoms with Crippen LogP contribution in [0.5, 0.6) is 0 Å². The molecule has 0 aliphatic heterocycles. The zero-order valence-corrected chi connectivity index (χ0v) is 10.6. The number of nitro groups is 1. The van der Waals surface area contributed by atoms with Gasteiger partial charge in [-0.2, -0.15) is 0 Å². The van der Waals surface area contributed by atoms with Crippen molar-refractivity contribution in [1.82, 2.24) is 5.32 Å². The summed E-state index contributed by atoms with van der Waals surface area (Å²) in [5.41, 5.74) is 1.93. The Balaban J connectivity index is 3.07. The number of nitrogens with one attached hydrogen (secondary N) is 1. The number of rotatable bonds is 5. The van der Waals surface area contributed by atoms with Crippen molar-refractivity contribution in [2.45, 2.75) is 13.3 Å². The van der Waals surface area contributed by atoms with Crippen molar-refractivity contribution in [3.8, 4) is 0 Å². The Morgan fingerprint density at radius 3 is 2.82 bits per heavy atom. The van der Waals surface area contributed by atoms with E-state index >= 15 is 0 Å². The van der Waals surface area contributed by atoms with E-state index in [2.05, 4.69) is 5.32 Å². The van der Waals surface area contributed by atoms with E-state index in [9.17, 15) is 10.1 Å². The number of nitro benzene ring substituents is 1. The molecule has 0 heterocycles. The van der Waals surface area contributed by atoms with Gasteiger partial charge in [0.2, 0.25) is 0 Å². The standard InChI is InChI=1S/C12H15ClN2O2/c1-3-9(8-14-2)6-10-4-5-11(13)12(7-10)15(16)17/h4-7,14H,3,8H2,1-2H3. The largest absolute Gasteiger partial charge is 0.316 e. The molecule has 0 aliphatic rings. The van der Waals surface area contributed by atoms with Crippen LogP contribution in [0.1, 0.15) is 18.9 Å². The predicted molar refractivity (Wildman–Crippen MR) is 70.3 cm³/mol. The third kappa shape index (κ3) is 3.84. The van der Waals surface area contributed by atoms with Crippen LogP contribution in [0.4, 0.5) is 5.69 Å². The van der Waals surface area contributed by atoms with Gasteiger partial charge in [-0.1, -0.05) is 36.2 Å². The molecule has 1 aromatic rings. The van der Waals surface area contributed by atoms with Gasteiger partial charge in [0.05, 0.1) is 4.92 Å². The van der Waals surface area contributed by atoms with Gasteiger partial charge in [0.15, 0.2) is 0 Å². The molecule has 0 spiro atoms. The second-order valence-electron chi connectivity index (χ2n) is 3.65. The summed E-state index contributed by atoms with van der Waals surface area (Å²) in [6.07, 6.45) is 2.84. The van der Waals surface area contributed by atoms with Gasteiger partial charge >= 0.3 is 0 Å². The minimum atomic E-state index is -0.469. The molecule has 0 saturated carbocycles. The highest BCUT2D eigenvalue weighted by Crippen LogP contribution is 2.26. The number of halogens is 1. The molecule has 1 N–H and O–H groups in total. The summed E-state index contributed by atoms with van der Waals surface area (Å²) in [5, 5.41) is 14.0. The first-order valence-corrected chi connectivity index (χ1v) is 5.74. The summed E-state index contributed by atoms with van der Waals surface area (Å²) < 4.78 is 0. The van der Waals surface area contributed by atoms with Crippen LogP contribution in [0, 0.1) is 10.1 Å². The maximum atomic E-state index is 10.7. The van der Waals surface area contributed by atoms with Crippen molar-refractivity contribution in [2.75, 3.05) is 13.6 Å². The lowest BCUT2D eigenvalue weighted by molar-refractivity contribution is -0.384. The molecule has 0 radical (unpaired) electrons. The summed E-state index contributed by atoms with van der Waals surface area (Å²) in [6.45, 7) is 2.82. The maximum absolute atomic E-state index is 10.7. The fourth-order valence-electron chi connectivity index (χ4n) is 1.50. The molecule has 0 aliphatic carbocycles. The minimum absolute atomic E-state index is 0.0553. The number of nitrogens with zero attached hydrogens (tertiary/aromatic N) is 1. The smallest absolute Gasteiger partial charge is 0.288 e. The van der Waals surface area contributed by atoms with E-state index in [1.54, 1.807) is 12.1 Å². The lowest BCUT2D eigenvalue weighted by Gasteiger charge is -2.04. The van der Waals surface area contributed by atoms with E-state index in [0.717, 1.165) is 18.5 Å². The lowest BCUT2D eigenvalue weighted by atomic mass is 10.1. The third-order valence-corrected chi connectivity index (χ3v) is 2.72. The Bertz CT molecular complexity index is 444. The Hall–Kier alpha value is -1.39. The number of hydrogen-bond acceptors (Lipinski definition) is 3. The molecule has 0 atom stereocenters. The van der Waals surface area contributed by atoms with Crippen molar-refractivity contribution in [2.24, 2.45) is 0 Å². The summed E-state index contributed by atoms with van der Waals surface area (Å²) in [6, 6.07) is 4.83. The molecule has 92 valence electrons. The summed E-state index contributed by atoms with van der Waals surface area (Å²) in [7, 11) is 1.87. The lowest BCUT2D eigenvalue weighted by Crippen LogP contribution is -2.09. The van der Waals surface area contributed by atoms with Crippen LogP contribution in [0.3, 0.4) is 0 Å². The molecule has 4 nitrogen and oxygen atoms in total. The van der Waals surface area contributed by atoms with Gasteiger partial charge in [0, 0.05) is 12.6 Å². The normalized spacial score (nSPS) is 11.6. The Morgan fingerprint density at radius 2 is 2.29 bits per heavy atom. The van der Waals surface area contributed by atoms with Gasteiger partial charge in [-0.3, -0.25) is 10.1 Å². The highest BCUT2D eigenvalue weighted by Gasteiger charge is 2.11. The van der Waals surface area contributed by atoms with Gasteiger partial charge in [-0.05, 0) is 25.1 Å². The van der Waals surface area contributed by atoms with E-state index < -0.39 is 4.92 Å². The van der Waals surface area contributed by atoms with Crippen molar-refractivity contribution >= 4 is 23.4 Å². The highest BCUT2D eigenvalue weighted by atomic mass is 35.5.